The highest BCUT2D eigenvalue weighted by Gasteiger charge is 2.24. The predicted molar refractivity (Wildman–Crippen MR) is 125 cm³/mol. The molecular weight excluding hydrogens is 493 g/mol. The average Bonchev–Trinajstić information content (AvgIpc) is 2.76. The monoisotopic (exact) mass is 511 g/mol. The zero-order valence-electron chi connectivity index (χ0n) is 16.1. The number of nitrogens with zero attached hydrogens (tertiary/aromatic N) is 2. The van der Waals surface area contributed by atoms with E-state index in [0.29, 0.717) is 23.3 Å². The lowest BCUT2D eigenvalue weighted by atomic mass is 10.1. The minimum atomic E-state index is -0.558. The number of fused-ring (bicyclic) bond motifs is 1. The Labute approximate surface area is 187 Å². The van der Waals surface area contributed by atoms with E-state index in [1.54, 1.807) is 39.8 Å². The number of nitrogens with one attached hydrogen (secondary N) is 1. The molecule has 150 valence electrons. The van der Waals surface area contributed by atoms with Gasteiger partial charge >= 0.3 is 0 Å². The van der Waals surface area contributed by atoms with Gasteiger partial charge in [-0.15, -0.1) is 0 Å². The van der Waals surface area contributed by atoms with Gasteiger partial charge in [0.1, 0.15) is 11.4 Å². The second kappa shape index (κ2) is 8.66. The Balaban J connectivity index is 1.89. The smallest absolute Gasteiger partial charge is 0.268 e. The molecule has 7 heteroatoms. The minimum Gasteiger partial charge on any atom is -0.426 e. The van der Waals surface area contributed by atoms with Gasteiger partial charge in [-0.2, -0.15) is 0 Å². The highest BCUT2D eigenvalue weighted by atomic mass is 127. The summed E-state index contributed by atoms with van der Waals surface area (Å²) >= 11 is 1.70. The van der Waals surface area contributed by atoms with Gasteiger partial charge in [0.05, 0.1) is 12.1 Å². The molecular formula is C23H18IN3O3. The second-order valence-corrected chi connectivity index (χ2v) is 7.29. The molecule has 0 fully saturated rings. The molecule has 0 spiro atoms. The van der Waals surface area contributed by atoms with E-state index in [4.69, 9.17) is 3.07 Å². The maximum absolute atomic E-state index is 13.5. The van der Waals surface area contributed by atoms with Crippen LogP contribution in [0.25, 0.3) is 10.9 Å². The van der Waals surface area contributed by atoms with Crippen LogP contribution in [0.1, 0.15) is 21.5 Å². The van der Waals surface area contributed by atoms with E-state index in [0.717, 1.165) is 11.1 Å². The van der Waals surface area contributed by atoms with Crippen molar-refractivity contribution in [3.63, 3.8) is 0 Å². The molecule has 1 amide bonds. The summed E-state index contributed by atoms with van der Waals surface area (Å²) in [5, 5.41) is 3.41. The molecule has 4 rings (SSSR count). The number of aromatic nitrogens is 2. The van der Waals surface area contributed by atoms with Gasteiger partial charge in [0.15, 0.2) is 28.8 Å². The summed E-state index contributed by atoms with van der Waals surface area (Å²) in [6, 6.07) is 20.6. The van der Waals surface area contributed by atoms with Crippen molar-refractivity contribution in [2.24, 2.45) is 0 Å². The summed E-state index contributed by atoms with van der Waals surface area (Å²) in [5.41, 5.74) is 2.13. The van der Waals surface area contributed by atoms with Crippen LogP contribution in [0.4, 0.5) is 5.82 Å². The number of halogens is 1. The number of hydrogen-bond donors (Lipinski definition) is 1. The Morgan fingerprint density at radius 3 is 2.57 bits per heavy atom. The molecule has 2 aromatic carbocycles. The molecule has 0 aliphatic rings. The lowest BCUT2D eigenvalue weighted by Crippen LogP contribution is -2.30. The number of hydrogen-bond acceptors (Lipinski definition) is 4. The molecule has 0 atom stereocenters. The normalized spacial score (nSPS) is 10.7. The number of carbonyl (C=O) groups is 1. The van der Waals surface area contributed by atoms with Crippen LogP contribution < -0.4 is 13.9 Å². The number of pyridine rings is 2. The van der Waals surface area contributed by atoms with E-state index in [1.807, 2.05) is 67.6 Å². The number of carbonyl (C=O) groups excluding carboxylic acids is 1. The highest BCUT2D eigenvalue weighted by Crippen LogP contribution is 2.30. The molecule has 2 aromatic heterocycles. The number of amides is 1. The number of aryl methyl sites for hydroxylation is 1. The highest BCUT2D eigenvalue weighted by molar-refractivity contribution is 14.1. The Bertz CT molecular complexity index is 1290. The molecule has 0 saturated heterocycles. The third kappa shape index (κ3) is 3.93. The lowest BCUT2D eigenvalue weighted by molar-refractivity contribution is 0.102. The van der Waals surface area contributed by atoms with E-state index in [9.17, 15) is 9.59 Å². The van der Waals surface area contributed by atoms with Crippen molar-refractivity contribution < 1.29 is 7.86 Å². The molecule has 4 aromatic rings. The predicted octanol–water partition coefficient (Wildman–Crippen LogP) is 4.73. The molecule has 6 nitrogen and oxygen atoms in total. The first-order chi connectivity index (χ1) is 14.6. The largest absolute Gasteiger partial charge is 0.426 e. The van der Waals surface area contributed by atoms with Gasteiger partial charge in [-0.3, -0.25) is 9.59 Å². The van der Waals surface area contributed by atoms with Crippen LogP contribution in [0, 0.1) is 6.92 Å². The van der Waals surface area contributed by atoms with Crippen LogP contribution in [0.5, 0.6) is 5.75 Å². The molecule has 2 heterocycles. The fourth-order valence-corrected chi connectivity index (χ4v) is 3.82. The quantitative estimate of drug-likeness (QED) is 0.393. The van der Waals surface area contributed by atoms with Crippen molar-refractivity contribution in [3.8, 4) is 5.75 Å². The number of rotatable bonds is 5. The van der Waals surface area contributed by atoms with Crippen LogP contribution in [-0.4, -0.2) is 15.5 Å². The minimum absolute atomic E-state index is 0.0534. The van der Waals surface area contributed by atoms with Crippen molar-refractivity contribution in [3.05, 3.63) is 100.0 Å². The Morgan fingerprint density at radius 2 is 1.83 bits per heavy atom. The molecule has 0 aliphatic heterocycles. The van der Waals surface area contributed by atoms with Crippen LogP contribution >= 0.6 is 23.0 Å². The molecule has 0 saturated carbocycles. The maximum Gasteiger partial charge on any atom is 0.268 e. The van der Waals surface area contributed by atoms with E-state index in [2.05, 4.69) is 10.3 Å². The van der Waals surface area contributed by atoms with Crippen LogP contribution in [0.15, 0.2) is 77.7 Å². The zero-order valence-corrected chi connectivity index (χ0v) is 18.3. The zero-order chi connectivity index (χ0) is 21.1. The number of anilines is 1. The van der Waals surface area contributed by atoms with Gasteiger partial charge in [-0.1, -0.05) is 42.5 Å². The maximum atomic E-state index is 13.5. The van der Waals surface area contributed by atoms with Crippen molar-refractivity contribution in [2.75, 3.05) is 5.32 Å². The third-order valence-corrected chi connectivity index (χ3v) is 5.21. The SMILES string of the molecule is Cc1ccnc(NC(=O)c2c(OI)c3ccccc3n(Cc3ccccc3)c2=O)c1. The van der Waals surface area contributed by atoms with Crippen LogP contribution in [0.2, 0.25) is 0 Å². The fraction of sp³-hybridized carbons (Fsp3) is 0.0870. The summed E-state index contributed by atoms with van der Waals surface area (Å²) in [6.07, 6.45) is 1.61. The Kier molecular flexibility index (Phi) is 5.80. The molecule has 0 unspecified atom stereocenters. The first-order valence-corrected chi connectivity index (χ1v) is 10.2. The van der Waals surface area contributed by atoms with Gasteiger partial charge < -0.3 is 13.0 Å². The molecule has 0 aliphatic carbocycles. The number of benzene rings is 2. The van der Waals surface area contributed by atoms with E-state index < -0.39 is 11.5 Å². The average molecular weight is 511 g/mol. The molecule has 1 N–H and O–H groups in total. The fourth-order valence-electron chi connectivity index (χ4n) is 3.36. The van der Waals surface area contributed by atoms with Crippen molar-refractivity contribution >= 4 is 45.6 Å². The first-order valence-electron chi connectivity index (χ1n) is 9.30. The van der Waals surface area contributed by atoms with E-state index in [-0.39, 0.29) is 11.3 Å². The van der Waals surface area contributed by atoms with Crippen molar-refractivity contribution in [1.29, 1.82) is 0 Å². The lowest BCUT2D eigenvalue weighted by Gasteiger charge is -2.16. The summed E-state index contributed by atoms with van der Waals surface area (Å²) < 4.78 is 7.10. The molecule has 0 bridgehead atoms. The van der Waals surface area contributed by atoms with Crippen molar-refractivity contribution in [2.45, 2.75) is 13.5 Å². The van der Waals surface area contributed by atoms with E-state index >= 15 is 0 Å². The van der Waals surface area contributed by atoms with Crippen LogP contribution in [-0.2, 0) is 6.54 Å². The van der Waals surface area contributed by atoms with Gasteiger partial charge in [0.25, 0.3) is 11.5 Å². The summed E-state index contributed by atoms with van der Waals surface area (Å²) in [6.45, 7) is 2.24. The van der Waals surface area contributed by atoms with E-state index in [1.165, 1.54) is 0 Å². The Hall–Kier alpha value is -3.20. The second-order valence-electron chi connectivity index (χ2n) is 6.85. The van der Waals surface area contributed by atoms with Gasteiger partial charge in [-0.25, -0.2) is 4.98 Å². The topological polar surface area (TPSA) is 73.2 Å². The summed E-state index contributed by atoms with van der Waals surface area (Å²) in [5.74, 6) is 0.0598. The summed E-state index contributed by atoms with van der Waals surface area (Å²) in [7, 11) is 0. The standard InChI is InChI=1S/C23H18IN3O3/c1-15-11-12-25-19(13-15)26-22(28)20-21(30-24)17-9-5-6-10-18(17)27(23(20)29)14-16-7-3-2-4-8-16/h2-13H,14H2,1H3,(H,25,26,28). The Morgan fingerprint density at radius 1 is 1.10 bits per heavy atom. The molecule has 30 heavy (non-hydrogen) atoms. The first kappa shape index (κ1) is 20.1. The number of para-hydroxylation sites is 1. The van der Waals surface area contributed by atoms with Gasteiger partial charge in [0.2, 0.25) is 0 Å². The van der Waals surface area contributed by atoms with Crippen molar-refractivity contribution in [1.82, 2.24) is 9.55 Å². The van der Waals surface area contributed by atoms with Gasteiger partial charge in [-0.05, 0) is 42.3 Å². The van der Waals surface area contributed by atoms with Crippen LogP contribution in [0.3, 0.4) is 0 Å². The van der Waals surface area contributed by atoms with Gasteiger partial charge in [0, 0.05) is 11.6 Å². The molecule has 0 radical (unpaired) electrons. The summed E-state index contributed by atoms with van der Waals surface area (Å²) in [4.78, 5) is 30.7. The third-order valence-electron chi connectivity index (χ3n) is 4.77.